The van der Waals surface area contributed by atoms with Gasteiger partial charge in [-0.15, -0.1) is 0 Å². The highest BCUT2D eigenvalue weighted by molar-refractivity contribution is 8.18. The summed E-state index contributed by atoms with van der Waals surface area (Å²) in [5, 5.41) is 4.90. The Kier molecular flexibility index (Phi) is 7.55. The van der Waals surface area contributed by atoms with E-state index in [-0.39, 0.29) is 24.2 Å². The largest absolute Gasteiger partial charge is 0.444 e. The lowest BCUT2D eigenvalue weighted by atomic mass is 10.2. The average molecular weight is 468 g/mol. The zero-order chi connectivity index (χ0) is 24.0. The number of nitrogens with zero attached hydrogens (tertiary/aromatic N) is 1. The summed E-state index contributed by atoms with van der Waals surface area (Å²) in [6, 6.07) is 15.6. The first-order valence-corrected chi connectivity index (χ1v) is 11.1. The van der Waals surface area contributed by atoms with Crippen LogP contribution in [0.4, 0.5) is 15.3 Å². The molecule has 2 N–H and O–H groups in total. The minimum absolute atomic E-state index is 0.0540. The van der Waals surface area contributed by atoms with Crippen LogP contribution in [0.5, 0.6) is 0 Å². The standard InChI is InChI=1S/C24H25N3O5S/c1-24(2,3)32-22(30)26-18-11-7-10-17(15-18)20(28)25-12-13-27-21(29)19(33-23(27)31)14-16-8-5-4-6-9-16/h4-11,14-15H,12-13H2,1-3H3,(H,25,28)(H,26,30). The fourth-order valence-corrected chi connectivity index (χ4v) is 3.80. The molecular weight excluding hydrogens is 442 g/mol. The third-order valence-electron chi connectivity index (χ3n) is 4.36. The van der Waals surface area contributed by atoms with Crippen molar-refractivity contribution < 1.29 is 23.9 Å². The van der Waals surface area contributed by atoms with Gasteiger partial charge in [-0.05, 0) is 62.4 Å². The maximum absolute atomic E-state index is 12.6. The molecule has 3 rings (SSSR count). The van der Waals surface area contributed by atoms with Crippen molar-refractivity contribution in [2.24, 2.45) is 0 Å². The highest BCUT2D eigenvalue weighted by Crippen LogP contribution is 2.31. The molecule has 0 aromatic heterocycles. The molecule has 1 fully saturated rings. The lowest BCUT2D eigenvalue weighted by Gasteiger charge is -2.19. The van der Waals surface area contributed by atoms with E-state index in [2.05, 4.69) is 10.6 Å². The molecule has 8 nitrogen and oxygen atoms in total. The van der Waals surface area contributed by atoms with E-state index < -0.39 is 17.6 Å². The highest BCUT2D eigenvalue weighted by atomic mass is 32.2. The van der Waals surface area contributed by atoms with Crippen LogP contribution in [0.25, 0.3) is 6.08 Å². The Morgan fingerprint density at radius 3 is 2.48 bits per heavy atom. The van der Waals surface area contributed by atoms with Gasteiger partial charge in [-0.2, -0.15) is 0 Å². The molecule has 0 aliphatic carbocycles. The van der Waals surface area contributed by atoms with Gasteiger partial charge in [0, 0.05) is 24.3 Å². The van der Waals surface area contributed by atoms with E-state index in [9.17, 15) is 19.2 Å². The van der Waals surface area contributed by atoms with E-state index in [1.807, 2.05) is 30.3 Å². The SMILES string of the molecule is CC(C)(C)OC(=O)Nc1cccc(C(=O)NCCN2C(=O)SC(=Cc3ccccc3)C2=O)c1. The topological polar surface area (TPSA) is 105 Å². The van der Waals surface area contributed by atoms with Gasteiger partial charge in [-0.25, -0.2) is 4.79 Å². The molecule has 0 bridgehead atoms. The predicted molar refractivity (Wildman–Crippen MR) is 128 cm³/mol. The number of hydrogen-bond acceptors (Lipinski definition) is 6. The number of carbonyl (C=O) groups is 4. The second kappa shape index (κ2) is 10.4. The van der Waals surface area contributed by atoms with E-state index in [0.717, 1.165) is 22.2 Å². The molecule has 2 aromatic carbocycles. The van der Waals surface area contributed by atoms with E-state index in [1.54, 1.807) is 45.0 Å². The minimum atomic E-state index is -0.641. The maximum Gasteiger partial charge on any atom is 0.412 e. The molecule has 2 aromatic rings. The monoisotopic (exact) mass is 467 g/mol. The summed E-state index contributed by atoms with van der Waals surface area (Å²) in [6.07, 6.45) is 1.05. The van der Waals surface area contributed by atoms with E-state index in [4.69, 9.17) is 4.74 Å². The molecule has 4 amide bonds. The van der Waals surface area contributed by atoms with Gasteiger partial charge in [0.2, 0.25) is 0 Å². The molecule has 1 heterocycles. The summed E-state index contributed by atoms with van der Waals surface area (Å²) in [6.45, 7) is 5.42. The Hall–Kier alpha value is -3.59. The Labute approximate surface area is 196 Å². The second-order valence-corrected chi connectivity index (χ2v) is 9.20. The molecule has 0 unspecified atom stereocenters. The van der Waals surface area contributed by atoms with Crippen LogP contribution < -0.4 is 10.6 Å². The van der Waals surface area contributed by atoms with Crippen molar-refractivity contribution in [1.82, 2.24) is 10.2 Å². The average Bonchev–Trinajstić information content (AvgIpc) is 3.00. The van der Waals surface area contributed by atoms with Gasteiger partial charge in [-0.3, -0.25) is 24.6 Å². The molecular formula is C24H25N3O5S. The van der Waals surface area contributed by atoms with Crippen LogP contribution in [0.15, 0.2) is 59.5 Å². The molecule has 0 atom stereocenters. The molecule has 1 aliphatic rings. The Balaban J connectivity index is 1.54. The zero-order valence-corrected chi connectivity index (χ0v) is 19.4. The van der Waals surface area contributed by atoms with Crippen molar-refractivity contribution >= 4 is 46.7 Å². The van der Waals surface area contributed by atoms with Gasteiger partial charge >= 0.3 is 6.09 Å². The first kappa shape index (κ1) is 24.1. The Morgan fingerprint density at radius 2 is 1.79 bits per heavy atom. The van der Waals surface area contributed by atoms with E-state index >= 15 is 0 Å². The van der Waals surface area contributed by atoms with Crippen LogP contribution in [0.3, 0.4) is 0 Å². The number of nitrogens with one attached hydrogen (secondary N) is 2. The fourth-order valence-electron chi connectivity index (χ4n) is 2.94. The molecule has 33 heavy (non-hydrogen) atoms. The summed E-state index contributed by atoms with van der Waals surface area (Å²) < 4.78 is 5.20. The molecule has 172 valence electrons. The van der Waals surface area contributed by atoms with Gasteiger partial charge in [0.1, 0.15) is 5.60 Å². The van der Waals surface area contributed by atoms with Crippen molar-refractivity contribution in [3.63, 3.8) is 0 Å². The fraction of sp³-hybridized carbons (Fsp3) is 0.250. The van der Waals surface area contributed by atoms with Gasteiger partial charge in [0.15, 0.2) is 0 Å². The van der Waals surface area contributed by atoms with Gasteiger partial charge in [0.05, 0.1) is 4.91 Å². The number of amides is 4. The van der Waals surface area contributed by atoms with Crippen LogP contribution >= 0.6 is 11.8 Å². The minimum Gasteiger partial charge on any atom is -0.444 e. The second-order valence-electron chi connectivity index (χ2n) is 8.21. The summed E-state index contributed by atoms with van der Waals surface area (Å²) in [7, 11) is 0. The Bertz CT molecular complexity index is 1090. The molecule has 9 heteroatoms. The third kappa shape index (κ3) is 6.95. The van der Waals surface area contributed by atoms with Crippen LogP contribution in [-0.2, 0) is 9.53 Å². The predicted octanol–water partition coefficient (Wildman–Crippen LogP) is 4.50. The highest BCUT2D eigenvalue weighted by Gasteiger charge is 2.34. The van der Waals surface area contributed by atoms with Crippen LogP contribution in [0.1, 0.15) is 36.7 Å². The van der Waals surface area contributed by atoms with Crippen LogP contribution in [0, 0.1) is 0 Å². The van der Waals surface area contributed by atoms with Crippen LogP contribution in [0.2, 0.25) is 0 Å². The molecule has 0 spiro atoms. The maximum atomic E-state index is 12.6. The number of hydrogen-bond donors (Lipinski definition) is 2. The van der Waals surface area contributed by atoms with Gasteiger partial charge in [-0.1, -0.05) is 36.4 Å². The van der Waals surface area contributed by atoms with Gasteiger partial charge in [0.25, 0.3) is 17.1 Å². The number of ether oxygens (including phenoxy) is 1. The number of benzene rings is 2. The first-order valence-electron chi connectivity index (χ1n) is 10.3. The van der Waals surface area contributed by atoms with Crippen molar-refractivity contribution in [3.05, 3.63) is 70.6 Å². The summed E-state index contributed by atoms with van der Waals surface area (Å²) in [5.41, 5.74) is 0.921. The normalized spacial score (nSPS) is 15.0. The van der Waals surface area contributed by atoms with Crippen LogP contribution in [-0.4, -0.2) is 46.7 Å². The molecule has 0 saturated carbocycles. The number of thioether (sulfide) groups is 1. The molecule has 1 saturated heterocycles. The van der Waals surface area contributed by atoms with Crippen molar-refractivity contribution in [2.45, 2.75) is 26.4 Å². The lowest BCUT2D eigenvalue weighted by Crippen LogP contribution is -2.37. The number of imide groups is 1. The van der Waals surface area contributed by atoms with Gasteiger partial charge < -0.3 is 10.1 Å². The van der Waals surface area contributed by atoms with E-state index in [0.29, 0.717) is 16.2 Å². The summed E-state index contributed by atoms with van der Waals surface area (Å²) >= 11 is 0.877. The summed E-state index contributed by atoms with van der Waals surface area (Å²) in [5.74, 6) is -0.777. The first-order chi connectivity index (χ1) is 15.6. The van der Waals surface area contributed by atoms with Crippen molar-refractivity contribution in [2.75, 3.05) is 18.4 Å². The number of rotatable bonds is 6. The third-order valence-corrected chi connectivity index (χ3v) is 5.27. The number of anilines is 1. The smallest absolute Gasteiger partial charge is 0.412 e. The molecule has 1 aliphatic heterocycles. The Morgan fingerprint density at radius 1 is 1.06 bits per heavy atom. The summed E-state index contributed by atoms with van der Waals surface area (Å²) in [4.78, 5) is 50.7. The van der Waals surface area contributed by atoms with Crippen molar-refractivity contribution in [1.29, 1.82) is 0 Å². The van der Waals surface area contributed by atoms with Crippen molar-refractivity contribution in [3.8, 4) is 0 Å². The molecule has 0 radical (unpaired) electrons. The van der Waals surface area contributed by atoms with E-state index in [1.165, 1.54) is 6.07 Å². The number of carbonyl (C=O) groups excluding carboxylic acids is 4. The zero-order valence-electron chi connectivity index (χ0n) is 18.6. The quantitative estimate of drug-likeness (QED) is 0.606. The lowest BCUT2D eigenvalue weighted by molar-refractivity contribution is -0.122.